The number of benzene rings is 8. The van der Waals surface area contributed by atoms with Gasteiger partial charge in [-0.3, -0.25) is 0 Å². The summed E-state index contributed by atoms with van der Waals surface area (Å²) in [6.07, 6.45) is 0. The smallest absolute Gasteiger partial charge is 0.0553 e. The molecule has 8 aromatic carbocycles. The van der Waals surface area contributed by atoms with Crippen LogP contribution in [0.2, 0.25) is 0 Å². The first-order valence-electron chi connectivity index (χ1n) is 14.3. The third kappa shape index (κ3) is 3.49. The van der Waals surface area contributed by atoms with Crippen molar-refractivity contribution in [3.05, 3.63) is 150 Å². The molecule has 42 heavy (non-hydrogen) atoms. The quantitative estimate of drug-likeness (QED) is 0.178. The molecule has 9 aromatic rings. The highest BCUT2D eigenvalue weighted by atomic mass is 79.9. The van der Waals surface area contributed by atoms with E-state index in [1.54, 1.807) is 0 Å². The molecule has 0 aliphatic heterocycles. The molecule has 0 fully saturated rings. The molecule has 196 valence electrons. The molecule has 0 spiro atoms. The number of nitrogens with zero attached hydrogens (tertiary/aromatic N) is 1. The van der Waals surface area contributed by atoms with Crippen LogP contribution in [0.5, 0.6) is 0 Å². The number of halogens is 1. The van der Waals surface area contributed by atoms with Gasteiger partial charge in [0.2, 0.25) is 0 Å². The highest BCUT2D eigenvalue weighted by molar-refractivity contribution is 9.10. The highest BCUT2D eigenvalue weighted by Crippen LogP contribution is 2.44. The Morgan fingerprint density at radius 3 is 1.81 bits per heavy atom. The molecular formula is C40H24BrN. The predicted octanol–water partition coefficient (Wildman–Crippen LogP) is 11.8. The summed E-state index contributed by atoms with van der Waals surface area (Å²) in [7, 11) is 0. The maximum absolute atomic E-state index is 3.60. The fraction of sp³-hybridized carbons (Fsp3) is 0. The highest BCUT2D eigenvalue weighted by Gasteiger charge is 2.19. The molecule has 0 radical (unpaired) electrons. The van der Waals surface area contributed by atoms with Gasteiger partial charge >= 0.3 is 0 Å². The third-order valence-electron chi connectivity index (χ3n) is 8.78. The first kappa shape index (κ1) is 23.8. The fourth-order valence-corrected chi connectivity index (χ4v) is 7.11. The largest absolute Gasteiger partial charge is 0.309 e. The van der Waals surface area contributed by atoms with E-state index in [0.717, 1.165) is 4.47 Å². The molecular weight excluding hydrogens is 574 g/mol. The molecule has 2 heteroatoms. The van der Waals surface area contributed by atoms with Crippen LogP contribution in [-0.2, 0) is 0 Å². The predicted molar refractivity (Wildman–Crippen MR) is 183 cm³/mol. The van der Waals surface area contributed by atoms with Crippen LogP contribution in [0.15, 0.2) is 150 Å². The summed E-state index contributed by atoms with van der Waals surface area (Å²) in [6.45, 7) is 0. The van der Waals surface area contributed by atoms with Crippen molar-refractivity contribution in [3.8, 4) is 27.9 Å². The van der Waals surface area contributed by atoms with Gasteiger partial charge in [0, 0.05) is 20.9 Å². The maximum atomic E-state index is 3.60. The molecule has 0 N–H and O–H groups in total. The zero-order valence-corrected chi connectivity index (χ0v) is 24.3. The molecule has 0 saturated carbocycles. The van der Waals surface area contributed by atoms with Crippen LogP contribution < -0.4 is 0 Å². The van der Waals surface area contributed by atoms with Crippen LogP contribution in [0.4, 0.5) is 0 Å². The van der Waals surface area contributed by atoms with Gasteiger partial charge in [0.1, 0.15) is 0 Å². The van der Waals surface area contributed by atoms with Crippen LogP contribution in [0.3, 0.4) is 0 Å². The lowest BCUT2D eigenvalue weighted by Gasteiger charge is -2.13. The Morgan fingerprint density at radius 2 is 1.02 bits per heavy atom. The van der Waals surface area contributed by atoms with Crippen molar-refractivity contribution in [1.82, 2.24) is 4.57 Å². The average molecular weight is 599 g/mol. The lowest BCUT2D eigenvalue weighted by molar-refractivity contribution is 1.18. The van der Waals surface area contributed by atoms with Gasteiger partial charge < -0.3 is 4.57 Å². The van der Waals surface area contributed by atoms with Gasteiger partial charge in [-0.05, 0) is 97.0 Å². The summed E-state index contributed by atoms with van der Waals surface area (Å²) in [4.78, 5) is 0. The van der Waals surface area contributed by atoms with E-state index < -0.39 is 0 Å². The van der Waals surface area contributed by atoms with Crippen molar-refractivity contribution in [2.75, 3.05) is 0 Å². The van der Waals surface area contributed by atoms with Gasteiger partial charge in [0.25, 0.3) is 0 Å². The van der Waals surface area contributed by atoms with E-state index in [1.807, 2.05) is 0 Å². The second kappa shape index (κ2) is 9.04. The zero-order valence-electron chi connectivity index (χ0n) is 22.7. The Bertz CT molecular complexity index is 2420. The average Bonchev–Trinajstić information content (AvgIpc) is 3.37. The molecule has 0 saturated heterocycles. The van der Waals surface area contributed by atoms with Crippen molar-refractivity contribution in [2.24, 2.45) is 0 Å². The zero-order chi connectivity index (χ0) is 27.8. The van der Waals surface area contributed by atoms with Gasteiger partial charge in [-0.25, -0.2) is 0 Å². The van der Waals surface area contributed by atoms with Gasteiger partial charge in [-0.15, -0.1) is 0 Å². The van der Waals surface area contributed by atoms with E-state index >= 15 is 0 Å². The van der Waals surface area contributed by atoms with Crippen molar-refractivity contribution in [1.29, 1.82) is 0 Å². The molecule has 1 heterocycles. The molecule has 1 aromatic heterocycles. The normalized spacial score (nSPS) is 11.9. The van der Waals surface area contributed by atoms with E-state index in [2.05, 4.69) is 166 Å². The number of hydrogen-bond acceptors (Lipinski definition) is 0. The number of hydrogen-bond donors (Lipinski definition) is 0. The van der Waals surface area contributed by atoms with Crippen LogP contribution in [0, 0.1) is 0 Å². The van der Waals surface area contributed by atoms with Crippen LogP contribution in [0.25, 0.3) is 82.1 Å². The molecule has 0 unspecified atom stereocenters. The van der Waals surface area contributed by atoms with Crippen molar-refractivity contribution < 1.29 is 0 Å². The maximum Gasteiger partial charge on any atom is 0.0553 e. The SMILES string of the molecule is Brc1ccc(-c2ccc3c(c2)c2c4ccc5cccc6ccc(cc2n3-c2ccc(-c3ccccc3)cc2)c4c65)cc1. The summed E-state index contributed by atoms with van der Waals surface area (Å²) in [5.41, 5.74) is 8.50. The van der Waals surface area contributed by atoms with Gasteiger partial charge in [-0.2, -0.15) is 0 Å². The molecule has 9 rings (SSSR count). The summed E-state index contributed by atoms with van der Waals surface area (Å²) < 4.78 is 3.53. The summed E-state index contributed by atoms with van der Waals surface area (Å²) >= 11 is 3.60. The van der Waals surface area contributed by atoms with E-state index in [9.17, 15) is 0 Å². The summed E-state index contributed by atoms with van der Waals surface area (Å²) in [6, 6.07) is 53.3. The Balaban J connectivity index is 1.39. The summed E-state index contributed by atoms with van der Waals surface area (Å²) in [5.74, 6) is 0. The van der Waals surface area contributed by atoms with Crippen molar-refractivity contribution >= 4 is 70.1 Å². The van der Waals surface area contributed by atoms with E-state index in [1.165, 1.54) is 82.1 Å². The molecule has 0 amide bonds. The van der Waals surface area contributed by atoms with Crippen molar-refractivity contribution in [3.63, 3.8) is 0 Å². The van der Waals surface area contributed by atoms with Crippen molar-refractivity contribution in [2.45, 2.75) is 0 Å². The molecule has 1 nitrogen and oxygen atoms in total. The molecule has 0 aliphatic rings. The Hall–Kier alpha value is -4.92. The number of fused-ring (bicyclic) bond motifs is 4. The molecule has 0 bridgehead atoms. The first-order chi connectivity index (χ1) is 20.7. The van der Waals surface area contributed by atoms with Crippen LogP contribution >= 0.6 is 15.9 Å². The minimum atomic E-state index is 1.09. The molecule has 0 aliphatic carbocycles. The lowest BCUT2D eigenvalue weighted by Crippen LogP contribution is -1.94. The van der Waals surface area contributed by atoms with E-state index in [-0.39, 0.29) is 0 Å². The number of aromatic nitrogens is 1. The standard InChI is InChI=1S/C40H24BrN/c41-32-17-11-27(12-18-32)30-16-22-36-35(23-30)40-34-21-15-29-8-4-7-28-9-10-31(39(34)38(28)29)24-37(40)42(36)33-19-13-26(14-20-33)25-5-2-1-3-6-25/h1-24H. The van der Waals surface area contributed by atoms with E-state index in [0.29, 0.717) is 0 Å². The van der Waals surface area contributed by atoms with Gasteiger partial charge in [0.15, 0.2) is 0 Å². The minimum Gasteiger partial charge on any atom is -0.309 e. The monoisotopic (exact) mass is 597 g/mol. The molecule has 0 atom stereocenters. The van der Waals surface area contributed by atoms with E-state index in [4.69, 9.17) is 0 Å². The number of rotatable bonds is 3. The Kier molecular flexibility index (Phi) is 5.11. The Labute approximate surface area is 251 Å². The second-order valence-corrected chi connectivity index (χ2v) is 12.0. The Morgan fingerprint density at radius 1 is 0.381 bits per heavy atom. The third-order valence-corrected chi connectivity index (χ3v) is 9.31. The lowest BCUT2D eigenvalue weighted by atomic mass is 9.91. The topological polar surface area (TPSA) is 4.93 Å². The minimum absolute atomic E-state index is 1.09. The summed E-state index contributed by atoms with van der Waals surface area (Å²) in [5, 5.41) is 10.5. The first-order valence-corrected chi connectivity index (χ1v) is 15.1. The van der Waals surface area contributed by atoms with Crippen LogP contribution in [0.1, 0.15) is 0 Å². The second-order valence-electron chi connectivity index (χ2n) is 11.1. The fourth-order valence-electron chi connectivity index (χ4n) is 6.85. The van der Waals surface area contributed by atoms with Gasteiger partial charge in [0.05, 0.1) is 11.0 Å². The van der Waals surface area contributed by atoms with Gasteiger partial charge in [-0.1, -0.05) is 119 Å². The van der Waals surface area contributed by atoms with Crippen LogP contribution in [-0.4, -0.2) is 4.57 Å².